The van der Waals surface area contributed by atoms with Gasteiger partial charge in [-0.25, -0.2) is 14.2 Å². The predicted octanol–water partition coefficient (Wildman–Crippen LogP) is 4.23. The van der Waals surface area contributed by atoms with Gasteiger partial charge in [0.15, 0.2) is 12.3 Å². The van der Waals surface area contributed by atoms with Crippen LogP contribution in [0.2, 0.25) is 0 Å². The fraction of sp³-hybridized carbons (Fsp3) is 0.174. The number of aryl methyl sites for hydroxylation is 2. The number of benzene rings is 1. The average Bonchev–Trinajstić information content (AvgIpc) is 3.28. The highest BCUT2D eigenvalue weighted by Gasteiger charge is 2.20. The van der Waals surface area contributed by atoms with Crippen molar-refractivity contribution in [2.75, 3.05) is 6.61 Å². The van der Waals surface area contributed by atoms with Crippen LogP contribution >= 0.6 is 0 Å². The molecule has 0 aliphatic carbocycles. The molecule has 3 heterocycles. The van der Waals surface area contributed by atoms with Gasteiger partial charge in [-0.2, -0.15) is 0 Å². The summed E-state index contributed by atoms with van der Waals surface area (Å²) in [4.78, 5) is 29.3. The number of carbonyl (C=O) groups excluding carboxylic acids is 2. The number of halogens is 1. The predicted molar refractivity (Wildman–Crippen MR) is 110 cm³/mol. The van der Waals surface area contributed by atoms with Crippen molar-refractivity contribution in [3.63, 3.8) is 0 Å². The quantitative estimate of drug-likeness (QED) is 0.368. The van der Waals surface area contributed by atoms with Crippen molar-refractivity contribution in [2.45, 2.75) is 20.8 Å². The second-order valence-corrected chi connectivity index (χ2v) is 7.12. The van der Waals surface area contributed by atoms with Crippen molar-refractivity contribution in [3.05, 3.63) is 88.9 Å². The Kier molecular flexibility index (Phi) is 4.95. The molecule has 30 heavy (non-hydrogen) atoms. The number of aromatic nitrogens is 3. The number of carbonyl (C=O) groups is 2. The molecule has 0 atom stereocenters. The third-order valence-corrected chi connectivity index (χ3v) is 5.04. The van der Waals surface area contributed by atoms with Gasteiger partial charge in [0.1, 0.15) is 11.5 Å². The zero-order chi connectivity index (χ0) is 21.4. The number of imidazole rings is 1. The molecule has 4 rings (SSSR count). The van der Waals surface area contributed by atoms with Gasteiger partial charge in [0, 0.05) is 34.5 Å². The first-order valence-corrected chi connectivity index (χ1v) is 9.45. The number of rotatable bonds is 5. The number of fused-ring (bicyclic) bond motifs is 1. The summed E-state index contributed by atoms with van der Waals surface area (Å²) < 4.78 is 22.4. The van der Waals surface area contributed by atoms with Gasteiger partial charge >= 0.3 is 5.97 Å². The van der Waals surface area contributed by atoms with Crippen molar-refractivity contribution in [1.29, 1.82) is 0 Å². The minimum atomic E-state index is -0.662. The number of nitrogens with zero attached hydrogens (tertiary/aromatic N) is 3. The van der Waals surface area contributed by atoms with E-state index < -0.39 is 12.6 Å². The highest BCUT2D eigenvalue weighted by molar-refractivity contribution is 6.00. The van der Waals surface area contributed by atoms with Crippen molar-refractivity contribution >= 4 is 17.4 Å². The molecule has 152 valence electrons. The molecule has 6 nitrogen and oxygen atoms in total. The lowest BCUT2D eigenvalue weighted by atomic mass is 10.1. The minimum absolute atomic E-state index is 0.141. The summed E-state index contributed by atoms with van der Waals surface area (Å²) in [6.07, 6.45) is 1.59. The molecule has 0 aliphatic heterocycles. The summed E-state index contributed by atoms with van der Waals surface area (Å²) in [5.74, 6) is -1.35. The maximum absolute atomic E-state index is 13.6. The van der Waals surface area contributed by atoms with Crippen LogP contribution in [0.15, 0.2) is 54.7 Å². The van der Waals surface area contributed by atoms with Gasteiger partial charge in [-0.05, 0) is 57.2 Å². The Bertz CT molecular complexity index is 1290. The number of hydrogen-bond acceptors (Lipinski definition) is 4. The molecule has 0 amide bonds. The fourth-order valence-electron chi connectivity index (χ4n) is 3.59. The first kappa shape index (κ1) is 19.6. The number of ether oxygens (including phenoxy) is 1. The largest absolute Gasteiger partial charge is 0.453 e. The van der Waals surface area contributed by atoms with Crippen LogP contribution in [0.25, 0.3) is 11.3 Å². The Morgan fingerprint density at radius 1 is 1.03 bits per heavy atom. The molecular weight excluding hydrogens is 385 g/mol. The lowest BCUT2D eigenvalue weighted by molar-refractivity contribution is 0.0469. The summed E-state index contributed by atoms with van der Waals surface area (Å²) in [6.45, 7) is 5.11. The van der Waals surface area contributed by atoms with Gasteiger partial charge < -0.3 is 13.7 Å². The Hall–Kier alpha value is -3.74. The van der Waals surface area contributed by atoms with Crippen LogP contribution in [0, 0.1) is 26.6 Å². The Morgan fingerprint density at radius 2 is 1.80 bits per heavy atom. The van der Waals surface area contributed by atoms with Crippen LogP contribution in [0.3, 0.4) is 0 Å². The monoisotopic (exact) mass is 405 g/mol. The van der Waals surface area contributed by atoms with Gasteiger partial charge in [-0.3, -0.25) is 4.79 Å². The molecule has 7 heteroatoms. The van der Waals surface area contributed by atoms with Crippen molar-refractivity contribution in [1.82, 2.24) is 14.0 Å². The second kappa shape index (κ2) is 7.59. The van der Waals surface area contributed by atoms with Crippen LogP contribution < -0.4 is 0 Å². The molecule has 0 fully saturated rings. The number of esters is 1. The van der Waals surface area contributed by atoms with E-state index >= 15 is 0 Å². The van der Waals surface area contributed by atoms with E-state index in [1.807, 2.05) is 26.0 Å². The number of Topliss-reactive ketones (excluding diaryl/α,β-unsaturated/α-hetero) is 1. The molecule has 0 N–H and O–H groups in total. The molecule has 0 saturated carbocycles. The lowest BCUT2D eigenvalue weighted by Crippen LogP contribution is -2.15. The highest BCUT2D eigenvalue weighted by Crippen LogP contribution is 2.22. The Morgan fingerprint density at radius 3 is 2.53 bits per heavy atom. The number of ketones is 1. The third kappa shape index (κ3) is 3.50. The molecule has 1 aromatic carbocycles. The smallest absolute Gasteiger partial charge is 0.359 e. The third-order valence-electron chi connectivity index (χ3n) is 5.04. The first-order chi connectivity index (χ1) is 14.3. The Balaban J connectivity index is 1.52. The molecular formula is C23H20FN3O3. The van der Waals surface area contributed by atoms with Crippen LogP contribution in [0.1, 0.15) is 37.9 Å². The first-order valence-electron chi connectivity index (χ1n) is 9.45. The fourth-order valence-corrected chi connectivity index (χ4v) is 3.59. The number of pyridine rings is 1. The van der Waals surface area contributed by atoms with Crippen LogP contribution in [-0.2, 0) is 4.74 Å². The summed E-state index contributed by atoms with van der Waals surface area (Å²) >= 11 is 0. The molecule has 0 bridgehead atoms. The molecule has 4 aromatic rings. The van der Waals surface area contributed by atoms with Gasteiger partial charge in [0.05, 0.1) is 0 Å². The van der Waals surface area contributed by atoms with Gasteiger partial charge in [-0.15, -0.1) is 0 Å². The summed E-state index contributed by atoms with van der Waals surface area (Å²) in [5.41, 5.74) is 4.19. The molecule has 0 spiro atoms. The van der Waals surface area contributed by atoms with Crippen LogP contribution in [0.4, 0.5) is 4.39 Å². The van der Waals surface area contributed by atoms with Crippen molar-refractivity contribution < 1.29 is 18.7 Å². The zero-order valence-electron chi connectivity index (χ0n) is 16.8. The highest BCUT2D eigenvalue weighted by atomic mass is 19.1. The average molecular weight is 405 g/mol. The van der Waals surface area contributed by atoms with Crippen LogP contribution in [-0.4, -0.2) is 32.3 Å². The molecule has 0 aliphatic rings. The van der Waals surface area contributed by atoms with E-state index in [2.05, 4.69) is 4.98 Å². The topological polar surface area (TPSA) is 65.6 Å². The molecule has 0 unspecified atom stereocenters. The Labute approximate surface area is 172 Å². The minimum Gasteiger partial charge on any atom is -0.453 e. The van der Waals surface area contributed by atoms with E-state index in [0.717, 1.165) is 11.4 Å². The number of hydrogen-bond donors (Lipinski definition) is 0. The van der Waals surface area contributed by atoms with Crippen molar-refractivity contribution in [3.8, 4) is 5.69 Å². The zero-order valence-corrected chi connectivity index (χ0v) is 16.8. The molecule has 3 aromatic heterocycles. The maximum atomic E-state index is 13.6. The van der Waals surface area contributed by atoms with E-state index in [0.29, 0.717) is 22.6 Å². The van der Waals surface area contributed by atoms with Gasteiger partial charge in [0.25, 0.3) is 0 Å². The summed E-state index contributed by atoms with van der Waals surface area (Å²) in [5, 5.41) is 0. The van der Waals surface area contributed by atoms with E-state index in [-0.39, 0.29) is 17.3 Å². The van der Waals surface area contributed by atoms with E-state index in [9.17, 15) is 14.0 Å². The standard InChI is InChI=1S/C23H20FN3O3/c1-14-6-4-9-22-25-20(12-26(14)22)23(29)30-13-21(28)19-10-15(2)27(16(19)3)18-8-5-7-17(24)11-18/h4-12H,13H2,1-3H3. The summed E-state index contributed by atoms with van der Waals surface area (Å²) in [6, 6.07) is 13.4. The SMILES string of the molecule is Cc1cc(C(=O)COC(=O)c2cn3c(C)cccc3n2)c(C)n1-c1cccc(F)c1. The van der Waals surface area contributed by atoms with Gasteiger partial charge in [-0.1, -0.05) is 12.1 Å². The summed E-state index contributed by atoms with van der Waals surface area (Å²) in [7, 11) is 0. The van der Waals surface area contributed by atoms with Crippen LogP contribution in [0.5, 0.6) is 0 Å². The lowest BCUT2D eigenvalue weighted by Gasteiger charge is -2.10. The maximum Gasteiger partial charge on any atom is 0.359 e. The molecule has 0 radical (unpaired) electrons. The molecule has 0 saturated heterocycles. The van der Waals surface area contributed by atoms with E-state index in [4.69, 9.17) is 4.74 Å². The second-order valence-electron chi connectivity index (χ2n) is 7.12. The van der Waals surface area contributed by atoms with E-state index in [1.54, 1.807) is 46.4 Å². The normalized spacial score (nSPS) is 11.1. The van der Waals surface area contributed by atoms with Crippen molar-refractivity contribution in [2.24, 2.45) is 0 Å². The van der Waals surface area contributed by atoms with Gasteiger partial charge in [0.2, 0.25) is 5.78 Å². The van der Waals surface area contributed by atoms with E-state index in [1.165, 1.54) is 12.1 Å².